The number of pyridine rings is 1. The summed E-state index contributed by atoms with van der Waals surface area (Å²) in [6, 6.07) is 6.11. The highest BCUT2D eigenvalue weighted by molar-refractivity contribution is 7.22. The molecule has 37 heavy (non-hydrogen) atoms. The number of hydrogen-bond donors (Lipinski definition) is 2. The number of thiazole rings is 1. The lowest BCUT2D eigenvalue weighted by atomic mass is 9.89. The molecule has 2 amide bonds. The SMILES string of the molecule is C[C@H]1CC[C@H](c2ccc3sc(N4CCN(C)CC4)nc3c2)N(C(=O)C(=O)Nc2cncc3cn[nH]c23)C1. The standard InChI is InChI=1S/C26H30N8O2S/c1-16-3-5-21(17-4-6-22-19(11-17)30-26(37-22)33-9-7-32(2)8-10-33)34(15-16)25(36)24(35)29-20-14-27-12-18-13-28-31-23(18)20/h4,6,11-14,16,21H,3,5,7-10,15H2,1-2H3,(H,28,31)(H,29,35)/t16-,21+/m0/s1. The first-order valence-electron chi connectivity index (χ1n) is 12.7. The van der Waals surface area contributed by atoms with Gasteiger partial charge in [0.2, 0.25) is 0 Å². The van der Waals surface area contributed by atoms with E-state index in [0.717, 1.165) is 65.3 Å². The Labute approximate surface area is 218 Å². The molecule has 2 N–H and O–H groups in total. The molecule has 3 aromatic heterocycles. The number of piperidine rings is 1. The number of rotatable bonds is 3. The van der Waals surface area contributed by atoms with Crippen LogP contribution in [-0.4, -0.2) is 81.6 Å². The second-order valence-electron chi connectivity index (χ2n) is 10.1. The van der Waals surface area contributed by atoms with Crippen LogP contribution in [0.15, 0.2) is 36.8 Å². The van der Waals surface area contributed by atoms with E-state index < -0.39 is 11.8 Å². The van der Waals surface area contributed by atoms with Gasteiger partial charge in [-0.05, 0) is 43.5 Å². The van der Waals surface area contributed by atoms with Gasteiger partial charge in [0.05, 0.1) is 39.9 Å². The molecular weight excluding hydrogens is 488 g/mol. The summed E-state index contributed by atoms with van der Waals surface area (Å²) in [6.07, 6.45) is 6.61. The van der Waals surface area contributed by atoms with Gasteiger partial charge in [-0.3, -0.25) is 19.7 Å². The molecule has 0 unspecified atom stereocenters. The molecule has 192 valence electrons. The number of hydrogen-bond acceptors (Lipinski definition) is 8. The number of nitrogens with one attached hydrogen (secondary N) is 2. The zero-order valence-electron chi connectivity index (χ0n) is 21.0. The fourth-order valence-corrected chi connectivity index (χ4v) is 6.26. The maximum Gasteiger partial charge on any atom is 0.314 e. The summed E-state index contributed by atoms with van der Waals surface area (Å²) in [5.74, 6) is -0.891. The Morgan fingerprint density at radius 3 is 2.78 bits per heavy atom. The van der Waals surface area contributed by atoms with Crippen LogP contribution in [-0.2, 0) is 9.59 Å². The van der Waals surface area contributed by atoms with Gasteiger partial charge in [-0.1, -0.05) is 24.3 Å². The van der Waals surface area contributed by atoms with E-state index in [0.29, 0.717) is 23.7 Å². The van der Waals surface area contributed by atoms with E-state index in [1.165, 1.54) is 6.20 Å². The minimum absolute atomic E-state index is 0.172. The lowest BCUT2D eigenvalue weighted by Gasteiger charge is -2.38. The van der Waals surface area contributed by atoms with E-state index >= 15 is 0 Å². The molecule has 1 aromatic carbocycles. The predicted octanol–water partition coefficient (Wildman–Crippen LogP) is 3.26. The molecule has 0 aliphatic carbocycles. The van der Waals surface area contributed by atoms with Crippen molar-refractivity contribution in [1.82, 2.24) is 30.0 Å². The minimum atomic E-state index is -0.671. The van der Waals surface area contributed by atoms with Gasteiger partial charge in [0, 0.05) is 44.3 Å². The first-order chi connectivity index (χ1) is 18.0. The highest BCUT2D eigenvalue weighted by Crippen LogP contribution is 2.37. The molecule has 4 aromatic rings. The van der Waals surface area contributed by atoms with Crippen molar-refractivity contribution in [2.24, 2.45) is 5.92 Å². The number of benzene rings is 1. The Balaban J connectivity index is 1.24. The van der Waals surface area contributed by atoms with E-state index in [4.69, 9.17) is 4.98 Å². The maximum absolute atomic E-state index is 13.5. The van der Waals surface area contributed by atoms with Crippen molar-refractivity contribution in [3.05, 3.63) is 42.4 Å². The third-order valence-corrected chi connectivity index (χ3v) is 8.53. The molecule has 0 saturated carbocycles. The van der Waals surface area contributed by atoms with Gasteiger partial charge in [-0.15, -0.1) is 0 Å². The molecule has 0 spiro atoms. The van der Waals surface area contributed by atoms with Crippen LogP contribution < -0.4 is 10.2 Å². The highest BCUT2D eigenvalue weighted by Gasteiger charge is 2.34. The second kappa shape index (κ2) is 9.71. The number of carbonyl (C=O) groups excluding carboxylic acids is 2. The van der Waals surface area contributed by atoms with Crippen molar-refractivity contribution < 1.29 is 9.59 Å². The summed E-state index contributed by atoms with van der Waals surface area (Å²) >= 11 is 1.71. The fraction of sp³-hybridized carbons (Fsp3) is 0.423. The van der Waals surface area contributed by atoms with Crippen LogP contribution in [0.3, 0.4) is 0 Å². The lowest BCUT2D eigenvalue weighted by molar-refractivity contribution is -0.146. The van der Waals surface area contributed by atoms with Crippen LogP contribution in [0.25, 0.3) is 21.1 Å². The molecule has 2 aliphatic rings. The number of aromatic nitrogens is 4. The molecule has 2 aliphatic heterocycles. The molecule has 5 heterocycles. The average Bonchev–Trinajstić information content (AvgIpc) is 3.56. The van der Waals surface area contributed by atoms with Crippen molar-refractivity contribution >= 4 is 55.1 Å². The van der Waals surface area contributed by atoms with Gasteiger partial charge >= 0.3 is 11.8 Å². The van der Waals surface area contributed by atoms with Crippen LogP contribution in [0.4, 0.5) is 10.8 Å². The number of H-pyrrole nitrogens is 1. The lowest BCUT2D eigenvalue weighted by Crippen LogP contribution is -2.46. The minimum Gasteiger partial charge on any atom is -0.345 e. The molecule has 0 radical (unpaired) electrons. The second-order valence-corrected chi connectivity index (χ2v) is 11.2. The number of likely N-dealkylation sites (tertiary alicyclic amines) is 1. The number of anilines is 2. The van der Waals surface area contributed by atoms with Crippen LogP contribution in [0.5, 0.6) is 0 Å². The molecule has 0 bridgehead atoms. The van der Waals surface area contributed by atoms with Crippen molar-refractivity contribution in [2.75, 3.05) is 50.0 Å². The van der Waals surface area contributed by atoms with Crippen molar-refractivity contribution in [1.29, 1.82) is 0 Å². The molecule has 6 rings (SSSR count). The average molecular weight is 519 g/mol. The highest BCUT2D eigenvalue weighted by atomic mass is 32.1. The van der Waals surface area contributed by atoms with Crippen molar-refractivity contribution in [3.63, 3.8) is 0 Å². The smallest absolute Gasteiger partial charge is 0.314 e. The van der Waals surface area contributed by atoms with Gasteiger partial charge in [0.25, 0.3) is 0 Å². The van der Waals surface area contributed by atoms with Gasteiger partial charge in [-0.25, -0.2) is 4.98 Å². The number of piperazine rings is 1. The summed E-state index contributed by atoms with van der Waals surface area (Å²) in [6.45, 7) is 6.67. The van der Waals surface area contributed by atoms with E-state index in [-0.39, 0.29) is 6.04 Å². The van der Waals surface area contributed by atoms with Crippen LogP contribution in [0, 0.1) is 5.92 Å². The Hall–Kier alpha value is -3.57. The Kier molecular flexibility index (Phi) is 6.25. The Bertz CT molecular complexity index is 1460. The number of nitrogens with zero attached hydrogens (tertiary/aromatic N) is 6. The third kappa shape index (κ3) is 4.64. The van der Waals surface area contributed by atoms with Crippen molar-refractivity contribution in [3.8, 4) is 0 Å². The molecule has 10 nitrogen and oxygen atoms in total. The zero-order chi connectivity index (χ0) is 25.5. The first-order valence-corrected chi connectivity index (χ1v) is 13.5. The van der Waals surface area contributed by atoms with Crippen LogP contribution >= 0.6 is 11.3 Å². The van der Waals surface area contributed by atoms with Crippen LogP contribution in [0.2, 0.25) is 0 Å². The summed E-state index contributed by atoms with van der Waals surface area (Å²) in [5.41, 5.74) is 3.05. The molecule has 2 fully saturated rings. The molecule has 2 atom stereocenters. The van der Waals surface area contributed by atoms with E-state index in [2.05, 4.69) is 62.5 Å². The predicted molar refractivity (Wildman–Crippen MR) is 145 cm³/mol. The number of likely N-dealkylation sites (N-methyl/N-ethyl adjacent to an activating group) is 1. The normalized spacial score (nSPS) is 21.0. The van der Waals surface area contributed by atoms with Crippen LogP contribution in [0.1, 0.15) is 31.4 Å². The van der Waals surface area contributed by atoms with E-state index in [1.807, 2.05) is 0 Å². The fourth-order valence-electron chi connectivity index (χ4n) is 5.26. The summed E-state index contributed by atoms with van der Waals surface area (Å²) < 4.78 is 1.14. The quantitative estimate of drug-likeness (QED) is 0.401. The Morgan fingerprint density at radius 1 is 1.11 bits per heavy atom. The monoisotopic (exact) mass is 518 g/mol. The topological polar surface area (TPSA) is 110 Å². The molecule has 11 heteroatoms. The van der Waals surface area contributed by atoms with Crippen molar-refractivity contribution in [2.45, 2.75) is 25.8 Å². The summed E-state index contributed by atoms with van der Waals surface area (Å²) in [7, 11) is 2.15. The zero-order valence-corrected chi connectivity index (χ0v) is 21.8. The number of aromatic amines is 1. The first kappa shape index (κ1) is 23.8. The summed E-state index contributed by atoms with van der Waals surface area (Å²) in [4.78, 5) is 42.0. The van der Waals surface area contributed by atoms with E-state index in [9.17, 15) is 9.59 Å². The van der Waals surface area contributed by atoms with Gasteiger partial charge in [0.1, 0.15) is 0 Å². The Morgan fingerprint density at radius 2 is 1.95 bits per heavy atom. The van der Waals surface area contributed by atoms with Gasteiger partial charge in [0.15, 0.2) is 5.13 Å². The third-order valence-electron chi connectivity index (χ3n) is 7.43. The summed E-state index contributed by atoms with van der Waals surface area (Å²) in [5, 5.41) is 11.4. The largest absolute Gasteiger partial charge is 0.345 e. The molecule has 2 saturated heterocycles. The van der Waals surface area contributed by atoms with E-state index in [1.54, 1.807) is 28.6 Å². The van der Waals surface area contributed by atoms with Gasteiger partial charge < -0.3 is 20.0 Å². The number of carbonyl (C=O) groups is 2. The maximum atomic E-state index is 13.5. The van der Waals surface area contributed by atoms with Gasteiger partial charge in [-0.2, -0.15) is 5.10 Å². The number of fused-ring (bicyclic) bond motifs is 2. The number of amides is 2. The molecular formula is C26H30N8O2S.